The van der Waals surface area contributed by atoms with Crippen LogP contribution in [0.3, 0.4) is 0 Å². The smallest absolute Gasteiger partial charge is 0.0814 e. The molecule has 2 aliphatic rings. The van der Waals surface area contributed by atoms with Gasteiger partial charge in [-0.05, 0) is 51.9 Å². The zero-order chi connectivity index (χ0) is 7.07. The molecule has 2 nitrogen and oxygen atoms in total. The van der Waals surface area contributed by atoms with Crippen molar-refractivity contribution in [3.8, 4) is 0 Å². The van der Waals surface area contributed by atoms with Crippen molar-refractivity contribution in [1.82, 2.24) is 10.6 Å². The first kappa shape index (κ1) is 14.4. The minimum Gasteiger partial charge on any atom is -0.317 e. The maximum absolute atomic E-state index is 3.22. The molecule has 2 heterocycles. The molecule has 0 bridgehead atoms. The van der Waals surface area contributed by atoms with Crippen LogP contribution in [0.25, 0.3) is 0 Å². The zero-order valence-electron chi connectivity index (χ0n) is 7.07. The molecular formula is C8H22BFN2. The Morgan fingerprint density at radius 1 is 0.583 bits per heavy atom. The first-order chi connectivity index (χ1) is 5.00. The first-order valence-corrected chi connectivity index (χ1v) is 4.41. The van der Waals surface area contributed by atoms with Gasteiger partial charge in [-0.2, -0.15) is 0 Å². The fourth-order valence-corrected chi connectivity index (χ4v) is 1.25. The van der Waals surface area contributed by atoms with E-state index in [0.717, 1.165) is 0 Å². The molecule has 0 spiro atoms. The Bertz CT molecular complexity index is 50.2. The van der Waals surface area contributed by atoms with Crippen LogP contribution in [0, 0.1) is 0 Å². The second-order valence-electron chi connectivity index (χ2n) is 2.91. The number of halogens is 1. The van der Waals surface area contributed by atoms with Gasteiger partial charge in [-0.3, -0.25) is 4.70 Å². The average Bonchev–Trinajstić information content (AvgIpc) is 2.67. The SMILES string of the molecule is B.C1CCNC1.C1CCNC1.F. The standard InChI is InChI=1S/2C4H9N.BH3.FH/c2*1-2-4-5-3-1;;/h2*5H,1-4H2;1H3;1H. The van der Waals surface area contributed by atoms with E-state index < -0.39 is 0 Å². The second kappa shape index (κ2) is 10.9. The molecule has 2 rings (SSSR count). The highest BCUT2D eigenvalue weighted by atomic mass is 19.0. The van der Waals surface area contributed by atoms with Gasteiger partial charge in [0.1, 0.15) is 0 Å². The highest BCUT2D eigenvalue weighted by Gasteiger charge is 1.93. The summed E-state index contributed by atoms with van der Waals surface area (Å²) in [4.78, 5) is 0. The van der Waals surface area contributed by atoms with E-state index in [1.165, 1.54) is 51.9 Å². The Morgan fingerprint density at radius 2 is 0.833 bits per heavy atom. The van der Waals surface area contributed by atoms with Gasteiger partial charge in [0.05, 0.1) is 8.41 Å². The van der Waals surface area contributed by atoms with Crippen molar-refractivity contribution in [1.29, 1.82) is 0 Å². The van der Waals surface area contributed by atoms with E-state index >= 15 is 0 Å². The Hall–Kier alpha value is -0.0851. The lowest BCUT2D eigenvalue weighted by Crippen LogP contribution is -2.03. The molecule has 2 saturated heterocycles. The molecule has 0 aromatic heterocycles. The second-order valence-corrected chi connectivity index (χ2v) is 2.91. The molecule has 2 N–H and O–H groups in total. The highest BCUT2D eigenvalue weighted by molar-refractivity contribution is 5.75. The maximum Gasteiger partial charge on any atom is 0.0814 e. The number of nitrogens with one attached hydrogen (secondary N) is 2. The third kappa shape index (κ3) is 8.02. The van der Waals surface area contributed by atoms with Gasteiger partial charge in [-0.15, -0.1) is 0 Å². The van der Waals surface area contributed by atoms with E-state index in [2.05, 4.69) is 10.6 Å². The lowest BCUT2D eigenvalue weighted by molar-refractivity contribution is 0.857. The van der Waals surface area contributed by atoms with Crippen molar-refractivity contribution in [3.05, 3.63) is 0 Å². The van der Waals surface area contributed by atoms with Crippen LogP contribution in [-0.4, -0.2) is 34.6 Å². The highest BCUT2D eigenvalue weighted by Crippen LogP contribution is 1.90. The van der Waals surface area contributed by atoms with E-state index in [4.69, 9.17) is 0 Å². The predicted octanol–water partition coefficient (Wildman–Crippen LogP) is -0.292. The zero-order valence-corrected chi connectivity index (χ0v) is 7.07. The molecule has 2 aliphatic heterocycles. The molecule has 0 aliphatic carbocycles. The maximum atomic E-state index is 3.22. The van der Waals surface area contributed by atoms with Crippen LogP contribution in [0.5, 0.6) is 0 Å². The van der Waals surface area contributed by atoms with Gasteiger partial charge in [0, 0.05) is 0 Å². The van der Waals surface area contributed by atoms with Crippen molar-refractivity contribution in [2.75, 3.05) is 26.2 Å². The van der Waals surface area contributed by atoms with Crippen molar-refractivity contribution in [2.45, 2.75) is 25.7 Å². The van der Waals surface area contributed by atoms with Crippen LogP contribution in [0.4, 0.5) is 4.70 Å². The van der Waals surface area contributed by atoms with Gasteiger partial charge in [-0.1, -0.05) is 0 Å². The van der Waals surface area contributed by atoms with Crippen LogP contribution in [0.2, 0.25) is 0 Å². The molecule has 12 heavy (non-hydrogen) atoms. The molecule has 74 valence electrons. The summed E-state index contributed by atoms with van der Waals surface area (Å²) < 4.78 is 0. The third-order valence-corrected chi connectivity index (χ3v) is 1.91. The van der Waals surface area contributed by atoms with Crippen LogP contribution in [-0.2, 0) is 0 Å². The largest absolute Gasteiger partial charge is 0.317 e. The summed E-state index contributed by atoms with van der Waals surface area (Å²) in [6.07, 6.45) is 5.56. The van der Waals surface area contributed by atoms with Gasteiger partial charge in [-0.25, -0.2) is 0 Å². The average molecular weight is 176 g/mol. The molecule has 0 atom stereocenters. The van der Waals surface area contributed by atoms with E-state index in [9.17, 15) is 0 Å². The number of hydrogen-bond donors (Lipinski definition) is 2. The first-order valence-electron chi connectivity index (χ1n) is 4.41. The summed E-state index contributed by atoms with van der Waals surface area (Å²) >= 11 is 0. The predicted molar refractivity (Wildman–Crippen MR) is 56.6 cm³/mol. The van der Waals surface area contributed by atoms with Crippen molar-refractivity contribution < 1.29 is 4.70 Å². The monoisotopic (exact) mass is 176 g/mol. The summed E-state index contributed by atoms with van der Waals surface area (Å²) in [5.41, 5.74) is 0. The minimum atomic E-state index is 0. The number of rotatable bonds is 0. The fraction of sp³-hybridized carbons (Fsp3) is 1.00. The van der Waals surface area contributed by atoms with Crippen LogP contribution in [0.1, 0.15) is 25.7 Å². The van der Waals surface area contributed by atoms with Gasteiger partial charge in [0.15, 0.2) is 0 Å². The topological polar surface area (TPSA) is 24.1 Å². The molecule has 0 unspecified atom stereocenters. The molecule has 0 radical (unpaired) electrons. The summed E-state index contributed by atoms with van der Waals surface area (Å²) in [5.74, 6) is 0. The van der Waals surface area contributed by atoms with Crippen LogP contribution >= 0.6 is 0 Å². The van der Waals surface area contributed by atoms with Gasteiger partial charge in [0.2, 0.25) is 0 Å². The number of hydrogen-bond acceptors (Lipinski definition) is 2. The van der Waals surface area contributed by atoms with E-state index in [0.29, 0.717) is 0 Å². The molecule has 2 fully saturated rings. The fourth-order valence-electron chi connectivity index (χ4n) is 1.25. The third-order valence-electron chi connectivity index (χ3n) is 1.91. The Labute approximate surface area is 76.4 Å². The molecule has 4 heteroatoms. The van der Waals surface area contributed by atoms with Crippen LogP contribution < -0.4 is 10.6 Å². The lowest BCUT2D eigenvalue weighted by Gasteiger charge is -1.76. The van der Waals surface area contributed by atoms with E-state index in [1.807, 2.05) is 0 Å². The van der Waals surface area contributed by atoms with Gasteiger partial charge in [0.25, 0.3) is 0 Å². The van der Waals surface area contributed by atoms with Crippen molar-refractivity contribution in [2.24, 2.45) is 0 Å². The summed E-state index contributed by atoms with van der Waals surface area (Å²) in [7, 11) is 0. The quantitative estimate of drug-likeness (QED) is 0.495. The summed E-state index contributed by atoms with van der Waals surface area (Å²) in [6, 6.07) is 0. The van der Waals surface area contributed by atoms with Crippen LogP contribution in [0.15, 0.2) is 0 Å². The molecule has 0 saturated carbocycles. The molecular weight excluding hydrogens is 154 g/mol. The Kier molecular flexibility index (Phi) is 13.1. The van der Waals surface area contributed by atoms with Gasteiger partial charge >= 0.3 is 0 Å². The normalized spacial score (nSPS) is 20.0. The Morgan fingerprint density at radius 3 is 0.917 bits per heavy atom. The summed E-state index contributed by atoms with van der Waals surface area (Å²) in [5, 5.41) is 6.44. The van der Waals surface area contributed by atoms with Crippen molar-refractivity contribution >= 4 is 8.41 Å². The molecule has 0 aromatic carbocycles. The Balaban J connectivity index is 0. The minimum absolute atomic E-state index is 0. The molecule has 0 amide bonds. The summed E-state index contributed by atoms with van der Waals surface area (Å²) in [6.45, 7) is 5.00. The lowest BCUT2D eigenvalue weighted by atomic mass is 10.4. The van der Waals surface area contributed by atoms with E-state index in [-0.39, 0.29) is 13.1 Å². The van der Waals surface area contributed by atoms with Gasteiger partial charge < -0.3 is 10.6 Å². The molecule has 0 aromatic rings. The van der Waals surface area contributed by atoms with E-state index in [1.54, 1.807) is 0 Å². The van der Waals surface area contributed by atoms with Crippen molar-refractivity contribution in [3.63, 3.8) is 0 Å².